The van der Waals surface area contributed by atoms with E-state index in [1.807, 2.05) is 0 Å². The Kier molecular flexibility index (Phi) is 4.10. The first-order chi connectivity index (χ1) is 9.42. The number of sulfonamides is 1. The van der Waals surface area contributed by atoms with Crippen molar-refractivity contribution in [3.8, 4) is 5.88 Å². The number of methoxy groups -OCH3 is 1. The van der Waals surface area contributed by atoms with Gasteiger partial charge in [-0.05, 0) is 24.3 Å². The van der Waals surface area contributed by atoms with Crippen molar-refractivity contribution in [1.82, 2.24) is 4.98 Å². The number of ether oxygens (including phenoxy) is 1. The van der Waals surface area contributed by atoms with Gasteiger partial charge in [0.25, 0.3) is 10.0 Å². The highest BCUT2D eigenvalue weighted by Crippen LogP contribution is 2.22. The molecule has 0 unspecified atom stereocenters. The summed E-state index contributed by atoms with van der Waals surface area (Å²) in [5.41, 5.74) is 0.256. The summed E-state index contributed by atoms with van der Waals surface area (Å²) in [4.78, 5) is 3.73. The molecule has 0 aliphatic carbocycles. The molecule has 1 heterocycles. The van der Waals surface area contributed by atoms with E-state index in [1.54, 1.807) is 0 Å². The molecular formula is C12H10ClFN2O3S. The summed E-state index contributed by atoms with van der Waals surface area (Å²) in [5, 5.41) is -0.263. The van der Waals surface area contributed by atoms with Crippen molar-refractivity contribution in [2.75, 3.05) is 11.8 Å². The zero-order chi connectivity index (χ0) is 14.8. The quantitative estimate of drug-likeness (QED) is 0.941. The van der Waals surface area contributed by atoms with E-state index < -0.39 is 15.8 Å². The lowest BCUT2D eigenvalue weighted by molar-refractivity contribution is 0.398. The van der Waals surface area contributed by atoms with Gasteiger partial charge in [0.15, 0.2) is 0 Å². The summed E-state index contributed by atoms with van der Waals surface area (Å²) in [6.45, 7) is 0. The second kappa shape index (κ2) is 5.64. The molecule has 0 aliphatic heterocycles. The minimum Gasteiger partial charge on any atom is -0.481 e. The molecule has 0 fully saturated rings. The Morgan fingerprint density at radius 2 is 2.05 bits per heavy atom. The molecule has 8 heteroatoms. The first-order valence-electron chi connectivity index (χ1n) is 5.40. The van der Waals surface area contributed by atoms with Gasteiger partial charge in [0.05, 0.1) is 28.9 Å². The Hall–Kier alpha value is -1.86. The maximum atomic E-state index is 13.0. The van der Waals surface area contributed by atoms with E-state index in [4.69, 9.17) is 16.3 Å². The van der Waals surface area contributed by atoms with Crippen molar-refractivity contribution in [2.45, 2.75) is 4.90 Å². The monoisotopic (exact) mass is 316 g/mol. The van der Waals surface area contributed by atoms with Gasteiger partial charge in [0, 0.05) is 6.07 Å². The first kappa shape index (κ1) is 14.5. The third-order valence-electron chi connectivity index (χ3n) is 2.40. The number of aromatic nitrogens is 1. The first-order valence-corrected chi connectivity index (χ1v) is 7.26. The lowest BCUT2D eigenvalue weighted by atomic mass is 10.3. The van der Waals surface area contributed by atoms with Crippen LogP contribution in [0.3, 0.4) is 0 Å². The molecule has 2 rings (SSSR count). The standard InChI is InChI=1S/C12H10ClFN2O3S/c1-19-12-5-2-8(7-15-12)16-20(17,18)9-3-4-11(14)10(13)6-9/h2-7,16H,1H3. The van der Waals surface area contributed by atoms with Crippen LogP contribution in [0.4, 0.5) is 10.1 Å². The van der Waals surface area contributed by atoms with Gasteiger partial charge in [-0.3, -0.25) is 4.72 Å². The van der Waals surface area contributed by atoms with E-state index >= 15 is 0 Å². The van der Waals surface area contributed by atoms with Crippen LogP contribution >= 0.6 is 11.6 Å². The molecule has 2 aromatic rings. The number of benzene rings is 1. The molecule has 0 aliphatic rings. The smallest absolute Gasteiger partial charge is 0.261 e. The third-order valence-corrected chi connectivity index (χ3v) is 4.07. The van der Waals surface area contributed by atoms with Crippen LogP contribution in [0.2, 0.25) is 5.02 Å². The Morgan fingerprint density at radius 3 is 2.60 bits per heavy atom. The van der Waals surface area contributed by atoms with Crippen LogP contribution in [0.5, 0.6) is 5.88 Å². The number of pyridine rings is 1. The van der Waals surface area contributed by atoms with Crippen molar-refractivity contribution >= 4 is 27.3 Å². The number of halogens is 2. The number of nitrogens with zero attached hydrogens (tertiary/aromatic N) is 1. The van der Waals surface area contributed by atoms with Gasteiger partial charge >= 0.3 is 0 Å². The Bertz CT molecular complexity index is 720. The molecule has 0 spiro atoms. The summed E-state index contributed by atoms with van der Waals surface area (Å²) in [6.07, 6.45) is 1.31. The van der Waals surface area contributed by atoms with E-state index in [0.29, 0.717) is 5.88 Å². The van der Waals surface area contributed by atoms with Gasteiger partial charge in [-0.15, -0.1) is 0 Å². The Balaban J connectivity index is 2.27. The van der Waals surface area contributed by atoms with Crippen molar-refractivity contribution in [1.29, 1.82) is 0 Å². The summed E-state index contributed by atoms with van der Waals surface area (Å²) < 4.78 is 44.3. The lowest BCUT2D eigenvalue weighted by Crippen LogP contribution is -2.13. The normalized spacial score (nSPS) is 11.2. The van der Waals surface area contributed by atoms with Crippen molar-refractivity contribution < 1.29 is 17.5 Å². The van der Waals surface area contributed by atoms with Crippen LogP contribution in [-0.2, 0) is 10.0 Å². The summed E-state index contributed by atoms with van der Waals surface area (Å²) in [6, 6.07) is 6.16. The Morgan fingerprint density at radius 1 is 1.30 bits per heavy atom. The number of rotatable bonds is 4. The number of hydrogen-bond acceptors (Lipinski definition) is 4. The van der Waals surface area contributed by atoms with E-state index in [9.17, 15) is 12.8 Å². The predicted molar refractivity (Wildman–Crippen MR) is 73.0 cm³/mol. The van der Waals surface area contributed by atoms with Crippen LogP contribution in [0.15, 0.2) is 41.4 Å². The molecule has 0 atom stereocenters. The minimum atomic E-state index is -3.85. The van der Waals surface area contributed by atoms with Gasteiger partial charge in [-0.25, -0.2) is 17.8 Å². The molecule has 0 amide bonds. The predicted octanol–water partition coefficient (Wildman–Crippen LogP) is 2.68. The van der Waals surface area contributed by atoms with Gasteiger partial charge in [0.2, 0.25) is 5.88 Å². The molecule has 1 N–H and O–H groups in total. The van der Waals surface area contributed by atoms with Crippen molar-refractivity contribution in [3.63, 3.8) is 0 Å². The van der Waals surface area contributed by atoms with Crippen molar-refractivity contribution in [3.05, 3.63) is 47.4 Å². The maximum absolute atomic E-state index is 13.0. The summed E-state index contributed by atoms with van der Waals surface area (Å²) in [7, 11) is -2.40. The topological polar surface area (TPSA) is 68.3 Å². The largest absolute Gasteiger partial charge is 0.481 e. The SMILES string of the molecule is COc1ccc(NS(=O)(=O)c2ccc(F)c(Cl)c2)cn1. The number of anilines is 1. The fourth-order valence-corrected chi connectivity index (χ4v) is 2.73. The van der Waals surface area contributed by atoms with Crippen molar-refractivity contribution in [2.24, 2.45) is 0 Å². The highest BCUT2D eigenvalue weighted by molar-refractivity contribution is 7.92. The molecule has 0 radical (unpaired) electrons. The third kappa shape index (κ3) is 3.17. The van der Waals surface area contributed by atoms with Crippen LogP contribution < -0.4 is 9.46 Å². The Labute approximate surface area is 120 Å². The fourth-order valence-electron chi connectivity index (χ4n) is 1.42. The van der Waals surface area contributed by atoms with E-state index in [0.717, 1.165) is 18.2 Å². The molecule has 106 valence electrons. The number of nitrogens with one attached hydrogen (secondary N) is 1. The van der Waals surface area contributed by atoms with Crippen LogP contribution in [0.1, 0.15) is 0 Å². The molecule has 0 bridgehead atoms. The second-order valence-electron chi connectivity index (χ2n) is 3.77. The van der Waals surface area contributed by atoms with E-state index in [2.05, 4.69) is 9.71 Å². The molecule has 1 aromatic carbocycles. The molecule has 1 aromatic heterocycles. The van der Waals surface area contributed by atoms with Crippen LogP contribution in [-0.4, -0.2) is 20.5 Å². The molecule has 5 nitrogen and oxygen atoms in total. The molecule has 20 heavy (non-hydrogen) atoms. The maximum Gasteiger partial charge on any atom is 0.261 e. The average Bonchev–Trinajstić information content (AvgIpc) is 2.42. The second-order valence-corrected chi connectivity index (χ2v) is 5.86. The van der Waals surface area contributed by atoms with E-state index in [-0.39, 0.29) is 15.6 Å². The zero-order valence-electron chi connectivity index (χ0n) is 10.3. The molecular weight excluding hydrogens is 307 g/mol. The zero-order valence-corrected chi connectivity index (χ0v) is 11.9. The van der Waals surface area contributed by atoms with E-state index in [1.165, 1.54) is 25.4 Å². The summed E-state index contributed by atoms with van der Waals surface area (Å²) >= 11 is 5.57. The van der Waals surface area contributed by atoms with Gasteiger partial charge < -0.3 is 4.74 Å². The highest BCUT2D eigenvalue weighted by atomic mass is 35.5. The van der Waals surface area contributed by atoms with Crippen LogP contribution in [0, 0.1) is 5.82 Å². The lowest BCUT2D eigenvalue weighted by Gasteiger charge is -2.08. The average molecular weight is 317 g/mol. The van der Waals surface area contributed by atoms with Crippen LogP contribution in [0.25, 0.3) is 0 Å². The number of hydrogen-bond donors (Lipinski definition) is 1. The summed E-state index contributed by atoms with van der Waals surface area (Å²) in [5.74, 6) is -0.325. The van der Waals surface area contributed by atoms with Gasteiger partial charge in [-0.2, -0.15) is 0 Å². The van der Waals surface area contributed by atoms with Gasteiger partial charge in [-0.1, -0.05) is 11.6 Å². The molecule has 0 saturated carbocycles. The minimum absolute atomic E-state index is 0.139. The van der Waals surface area contributed by atoms with Gasteiger partial charge in [0.1, 0.15) is 5.82 Å². The highest BCUT2D eigenvalue weighted by Gasteiger charge is 2.16. The fraction of sp³-hybridized carbons (Fsp3) is 0.0833. The molecule has 0 saturated heterocycles.